The van der Waals surface area contributed by atoms with Gasteiger partial charge in [-0.25, -0.2) is 0 Å². The average molecular weight is 174 g/mol. The van der Waals surface area contributed by atoms with E-state index in [1.165, 1.54) is 0 Å². The van der Waals surface area contributed by atoms with Crippen molar-refractivity contribution in [2.45, 2.75) is 0 Å². The molecular formula is C9H10N4. The fraction of sp³-hybridized carbons (Fsp3) is 0.111. The number of hydrogen-bond acceptors (Lipinski definition) is 3. The number of nitrogens with zero attached hydrogens (tertiary/aromatic N) is 3. The number of aromatic nitrogens is 3. The van der Waals surface area contributed by atoms with Crippen molar-refractivity contribution < 1.29 is 0 Å². The molecule has 66 valence electrons. The lowest BCUT2D eigenvalue weighted by molar-refractivity contribution is 0.773. The molecule has 0 aliphatic carbocycles. The Bertz CT molecular complexity index is 402. The summed E-state index contributed by atoms with van der Waals surface area (Å²) in [6.07, 6.45) is 3.38. The Morgan fingerprint density at radius 2 is 2.15 bits per heavy atom. The molecule has 2 aromatic heterocycles. The Morgan fingerprint density at radius 3 is 2.69 bits per heavy atom. The topological polar surface area (TPSA) is 56.7 Å². The molecule has 0 saturated heterocycles. The van der Waals surface area contributed by atoms with Crippen molar-refractivity contribution in [3.63, 3.8) is 0 Å². The van der Waals surface area contributed by atoms with Crippen LogP contribution in [-0.2, 0) is 7.05 Å². The molecule has 13 heavy (non-hydrogen) atoms. The summed E-state index contributed by atoms with van der Waals surface area (Å²) in [5.74, 6) is 0. The average Bonchev–Trinajstić information content (AvgIpc) is 2.53. The van der Waals surface area contributed by atoms with Gasteiger partial charge in [0, 0.05) is 13.2 Å². The van der Waals surface area contributed by atoms with Gasteiger partial charge in [0.15, 0.2) is 0 Å². The highest BCUT2D eigenvalue weighted by molar-refractivity contribution is 5.56. The van der Waals surface area contributed by atoms with Crippen LogP contribution in [0.25, 0.3) is 11.4 Å². The smallest absolute Gasteiger partial charge is 0.0884 e. The zero-order valence-corrected chi connectivity index (χ0v) is 7.31. The highest BCUT2D eigenvalue weighted by Gasteiger charge is 2.02. The van der Waals surface area contributed by atoms with Crippen molar-refractivity contribution in [1.29, 1.82) is 0 Å². The van der Waals surface area contributed by atoms with Crippen LogP contribution in [0.3, 0.4) is 0 Å². The van der Waals surface area contributed by atoms with Gasteiger partial charge in [-0.05, 0) is 18.2 Å². The second-order valence-electron chi connectivity index (χ2n) is 2.82. The quantitative estimate of drug-likeness (QED) is 0.703. The molecule has 2 rings (SSSR count). The number of nitrogen functional groups attached to an aromatic ring is 1. The van der Waals surface area contributed by atoms with Gasteiger partial charge in [-0.3, -0.25) is 9.67 Å². The summed E-state index contributed by atoms with van der Waals surface area (Å²) in [7, 11) is 1.88. The van der Waals surface area contributed by atoms with Gasteiger partial charge in [-0.15, -0.1) is 0 Å². The second-order valence-corrected chi connectivity index (χ2v) is 2.82. The van der Waals surface area contributed by atoms with Gasteiger partial charge >= 0.3 is 0 Å². The van der Waals surface area contributed by atoms with Crippen LogP contribution in [0.15, 0.2) is 30.6 Å². The van der Waals surface area contributed by atoms with Crippen LogP contribution in [0, 0.1) is 0 Å². The van der Waals surface area contributed by atoms with Gasteiger partial charge in [-0.1, -0.05) is 0 Å². The highest BCUT2D eigenvalue weighted by atomic mass is 15.3. The van der Waals surface area contributed by atoms with Crippen LogP contribution in [0.5, 0.6) is 0 Å². The molecule has 0 atom stereocenters. The molecule has 0 fully saturated rings. The van der Waals surface area contributed by atoms with Gasteiger partial charge in [0.25, 0.3) is 0 Å². The summed E-state index contributed by atoms with van der Waals surface area (Å²) >= 11 is 0. The maximum atomic E-state index is 5.53. The minimum Gasteiger partial charge on any atom is -0.397 e. The van der Waals surface area contributed by atoms with E-state index in [4.69, 9.17) is 5.73 Å². The molecule has 0 amide bonds. The first-order chi connectivity index (χ1) is 6.27. The number of rotatable bonds is 1. The summed E-state index contributed by atoms with van der Waals surface area (Å²) in [5.41, 5.74) is 8.07. The Hall–Kier alpha value is -1.84. The van der Waals surface area contributed by atoms with Crippen LogP contribution in [0.1, 0.15) is 0 Å². The van der Waals surface area contributed by atoms with Crippen molar-refractivity contribution >= 4 is 5.69 Å². The first-order valence-electron chi connectivity index (χ1n) is 3.97. The first kappa shape index (κ1) is 7.79. The molecule has 0 aliphatic heterocycles. The normalized spacial score (nSPS) is 10.2. The molecule has 0 saturated carbocycles. The van der Waals surface area contributed by atoms with E-state index >= 15 is 0 Å². The van der Waals surface area contributed by atoms with E-state index < -0.39 is 0 Å². The van der Waals surface area contributed by atoms with Gasteiger partial charge in [0.05, 0.1) is 23.3 Å². The fourth-order valence-electron chi connectivity index (χ4n) is 1.18. The third kappa shape index (κ3) is 1.38. The monoisotopic (exact) mass is 174 g/mol. The van der Waals surface area contributed by atoms with E-state index in [-0.39, 0.29) is 0 Å². The Morgan fingerprint density at radius 1 is 1.31 bits per heavy atom. The van der Waals surface area contributed by atoms with Crippen LogP contribution < -0.4 is 5.73 Å². The Labute approximate surface area is 76.0 Å². The maximum absolute atomic E-state index is 5.53. The minimum atomic E-state index is 0.672. The lowest BCUT2D eigenvalue weighted by atomic mass is 10.2. The van der Waals surface area contributed by atoms with Crippen LogP contribution in [0.4, 0.5) is 5.69 Å². The SMILES string of the molecule is Cn1nccc1-c1ccc(N)cn1. The van der Waals surface area contributed by atoms with E-state index in [2.05, 4.69) is 10.1 Å². The summed E-state index contributed by atoms with van der Waals surface area (Å²) in [6.45, 7) is 0. The maximum Gasteiger partial charge on any atom is 0.0884 e. The number of hydrogen-bond donors (Lipinski definition) is 1. The molecule has 0 aromatic carbocycles. The molecule has 0 bridgehead atoms. The third-order valence-corrected chi connectivity index (χ3v) is 1.87. The molecular weight excluding hydrogens is 164 g/mol. The van der Waals surface area contributed by atoms with Crippen molar-refractivity contribution in [2.75, 3.05) is 5.73 Å². The Balaban J connectivity index is 2.47. The predicted octanol–water partition coefficient (Wildman–Crippen LogP) is 1.06. The zero-order chi connectivity index (χ0) is 9.26. The van der Waals surface area contributed by atoms with E-state index in [9.17, 15) is 0 Å². The van der Waals surface area contributed by atoms with Crippen molar-refractivity contribution in [3.8, 4) is 11.4 Å². The summed E-state index contributed by atoms with van der Waals surface area (Å²) in [4.78, 5) is 4.20. The number of aryl methyl sites for hydroxylation is 1. The van der Waals surface area contributed by atoms with Crippen LogP contribution in [-0.4, -0.2) is 14.8 Å². The fourth-order valence-corrected chi connectivity index (χ4v) is 1.18. The zero-order valence-electron chi connectivity index (χ0n) is 7.31. The summed E-state index contributed by atoms with van der Waals surface area (Å²) in [5, 5.41) is 4.06. The highest BCUT2D eigenvalue weighted by Crippen LogP contribution is 2.15. The van der Waals surface area contributed by atoms with Gasteiger partial charge in [-0.2, -0.15) is 5.10 Å². The molecule has 4 heteroatoms. The molecule has 0 spiro atoms. The van der Waals surface area contributed by atoms with E-state index in [1.807, 2.05) is 25.2 Å². The first-order valence-corrected chi connectivity index (χ1v) is 3.97. The standard InChI is InChI=1S/C9H10N4/c1-13-9(4-5-12-13)8-3-2-7(10)6-11-8/h2-6H,10H2,1H3. The molecule has 2 aromatic rings. The number of nitrogens with two attached hydrogens (primary N) is 1. The van der Waals surface area contributed by atoms with Crippen LogP contribution >= 0.6 is 0 Å². The van der Waals surface area contributed by atoms with Crippen molar-refractivity contribution in [2.24, 2.45) is 7.05 Å². The van der Waals surface area contributed by atoms with Crippen molar-refractivity contribution in [3.05, 3.63) is 30.6 Å². The molecule has 2 N–H and O–H groups in total. The minimum absolute atomic E-state index is 0.672. The molecule has 4 nitrogen and oxygen atoms in total. The third-order valence-electron chi connectivity index (χ3n) is 1.87. The number of pyridine rings is 1. The van der Waals surface area contributed by atoms with E-state index in [0.717, 1.165) is 11.4 Å². The predicted molar refractivity (Wildman–Crippen MR) is 50.9 cm³/mol. The van der Waals surface area contributed by atoms with Gasteiger partial charge in [0.1, 0.15) is 0 Å². The number of anilines is 1. The summed E-state index contributed by atoms with van der Waals surface area (Å²) in [6, 6.07) is 5.63. The Kier molecular flexibility index (Phi) is 1.73. The lowest BCUT2D eigenvalue weighted by Gasteiger charge is -2.00. The van der Waals surface area contributed by atoms with E-state index in [1.54, 1.807) is 17.1 Å². The van der Waals surface area contributed by atoms with E-state index in [0.29, 0.717) is 5.69 Å². The molecule has 2 heterocycles. The van der Waals surface area contributed by atoms with Crippen LogP contribution in [0.2, 0.25) is 0 Å². The van der Waals surface area contributed by atoms with Gasteiger partial charge in [0.2, 0.25) is 0 Å². The second kappa shape index (κ2) is 2.90. The van der Waals surface area contributed by atoms with Crippen molar-refractivity contribution in [1.82, 2.24) is 14.8 Å². The molecule has 0 radical (unpaired) electrons. The lowest BCUT2D eigenvalue weighted by Crippen LogP contribution is -1.95. The molecule has 0 unspecified atom stereocenters. The molecule has 0 aliphatic rings. The largest absolute Gasteiger partial charge is 0.397 e. The summed E-state index contributed by atoms with van der Waals surface area (Å²) < 4.78 is 1.78. The van der Waals surface area contributed by atoms with Gasteiger partial charge < -0.3 is 5.73 Å².